The molecule has 3 rings (SSSR count). The maximum Gasteiger partial charge on any atom is 0.345 e. The molecule has 0 radical (unpaired) electrons. The van der Waals surface area contributed by atoms with Crippen LogP contribution in [0.2, 0.25) is 0 Å². The first-order chi connectivity index (χ1) is 12.3. The third kappa shape index (κ3) is 3.89. The van der Waals surface area contributed by atoms with E-state index in [4.69, 9.17) is 0 Å². The number of rotatable bonds is 5. The molecule has 1 aromatic heterocycles. The summed E-state index contributed by atoms with van der Waals surface area (Å²) < 4.78 is 30.4. The van der Waals surface area contributed by atoms with Gasteiger partial charge in [0.25, 0.3) is 0 Å². The van der Waals surface area contributed by atoms with E-state index in [1.54, 1.807) is 28.6 Å². The zero-order valence-electron chi connectivity index (χ0n) is 14.1. The molecule has 1 N–H and O–H groups in total. The number of nitrogens with zero attached hydrogens (tertiary/aromatic N) is 4. The number of hydrogen-bond donors (Lipinski definition) is 1. The van der Waals surface area contributed by atoms with E-state index in [9.17, 15) is 18.0 Å². The van der Waals surface area contributed by atoms with Gasteiger partial charge in [-0.25, -0.2) is 22.6 Å². The summed E-state index contributed by atoms with van der Waals surface area (Å²) in [6.45, 7) is 1.03. The van der Waals surface area contributed by atoms with E-state index in [0.717, 1.165) is 4.47 Å². The number of sulfonamides is 1. The molecule has 0 spiro atoms. The number of carbonyl (C=O) groups excluding carboxylic acids is 1. The Bertz CT molecular complexity index is 980. The summed E-state index contributed by atoms with van der Waals surface area (Å²) in [5.41, 5.74) is -0.200. The molecule has 2 heterocycles. The van der Waals surface area contributed by atoms with Crippen molar-refractivity contribution >= 4 is 31.9 Å². The highest BCUT2D eigenvalue weighted by Crippen LogP contribution is 2.14. The summed E-state index contributed by atoms with van der Waals surface area (Å²) in [4.78, 5) is 25.9. The van der Waals surface area contributed by atoms with Crippen molar-refractivity contribution < 1.29 is 13.2 Å². The van der Waals surface area contributed by atoms with Crippen molar-refractivity contribution in [2.45, 2.75) is 24.4 Å². The second-order valence-electron chi connectivity index (χ2n) is 5.89. The fourth-order valence-electron chi connectivity index (χ4n) is 2.73. The molecule has 9 nitrogen and oxygen atoms in total. The van der Waals surface area contributed by atoms with Gasteiger partial charge in [-0.1, -0.05) is 15.9 Å². The summed E-state index contributed by atoms with van der Waals surface area (Å²) in [6.07, 6.45) is 0.0345. The minimum Gasteiger partial charge on any atom is -0.333 e. The number of carbonyl (C=O) groups is 1. The zero-order chi connectivity index (χ0) is 18.9. The molecule has 0 unspecified atom stereocenters. The van der Waals surface area contributed by atoms with Crippen molar-refractivity contribution in [3.05, 3.63) is 45.0 Å². The molecule has 0 fully saturated rings. The van der Waals surface area contributed by atoms with Crippen LogP contribution in [-0.4, -0.2) is 46.7 Å². The van der Waals surface area contributed by atoms with E-state index < -0.39 is 10.0 Å². The molecule has 0 saturated heterocycles. The fourth-order valence-corrected chi connectivity index (χ4v) is 4.02. The van der Waals surface area contributed by atoms with Crippen LogP contribution in [0.25, 0.3) is 0 Å². The predicted octanol–water partition coefficient (Wildman–Crippen LogP) is 0.0551. The van der Waals surface area contributed by atoms with Crippen molar-refractivity contribution in [2.24, 2.45) is 7.05 Å². The lowest BCUT2D eigenvalue weighted by Gasteiger charge is -2.26. The van der Waals surface area contributed by atoms with Gasteiger partial charge in [0.1, 0.15) is 0 Å². The maximum absolute atomic E-state index is 12.3. The van der Waals surface area contributed by atoms with E-state index in [0.29, 0.717) is 18.9 Å². The molecule has 0 bridgehead atoms. The van der Waals surface area contributed by atoms with Crippen molar-refractivity contribution in [3.63, 3.8) is 0 Å². The standard InChI is InChI=1S/C15H18BrN5O4S/c1-19-15(23)21-9-8-20(10-13(21)18-19)14(22)6-7-17-26(24,25)12-4-2-11(16)3-5-12/h2-5,17H,6-10H2,1H3. The van der Waals surface area contributed by atoms with Crippen molar-refractivity contribution in [2.75, 3.05) is 13.1 Å². The first-order valence-electron chi connectivity index (χ1n) is 7.93. The Kier molecular flexibility index (Phi) is 5.30. The van der Waals surface area contributed by atoms with Crippen LogP contribution in [-0.2, 0) is 35.0 Å². The van der Waals surface area contributed by atoms with E-state index in [1.165, 1.54) is 16.8 Å². The lowest BCUT2D eigenvalue weighted by Crippen LogP contribution is -2.41. The average molecular weight is 444 g/mol. The lowest BCUT2D eigenvalue weighted by atomic mass is 10.3. The van der Waals surface area contributed by atoms with E-state index >= 15 is 0 Å². The summed E-state index contributed by atoms with van der Waals surface area (Å²) in [6, 6.07) is 6.25. The highest BCUT2D eigenvalue weighted by molar-refractivity contribution is 9.10. The Hall–Kier alpha value is -1.98. The quantitative estimate of drug-likeness (QED) is 0.702. The molecule has 0 saturated carbocycles. The molecule has 1 amide bonds. The Labute approximate surface area is 158 Å². The Morgan fingerprint density at radius 1 is 1.27 bits per heavy atom. The smallest absolute Gasteiger partial charge is 0.333 e. The van der Waals surface area contributed by atoms with Gasteiger partial charge < -0.3 is 4.90 Å². The molecule has 1 aliphatic heterocycles. The molecule has 0 aliphatic carbocycles. The number of fused-ring (bicyclic) bond motifs is 1. The fraction of sp³-hybridized carbons (Fsp3) is 0.400. The number of hydrogen-bond acceptors (Lipinski definition) is 5. The van der Waals surface area contributed by atoms with Gasteiger partial charge in [-0.3, -0.25) is 9.36 Å². The topological polar surface area (TPSA) is 106 Å². The summed E-state index contributed by atoms with van der Waals surface area (Å²) >= 11 is 3.25. The van der Waals surface area contributed by atoms with Crippen LogP contribution in [0.3, 0.4) is 0 Å². The van der Waals surface area contributed by atoms with Crippen LogP contribution in [0.4, 0.5) is 0 Å². The molecular weight excluding hydrogens is 426 g/mol. The monoisotopic (exact) mass is 443 g/mol. The largest absolute Gasteiger partial charge is 0.345 e. The number of aryl methyl sites for hydroxylation is 1. The van der Waals surface area contributed by atoms with E-state index in [1.807, 2.05) is 0 Å². The zero-order valence-corrected chi connectivity index (χ0v) is 16.5. The number of benzene rings is 1. The van der Waals surface area contributed by atoms with Gasteiger partial charge >= 0.3 is 5.69 Å². The van der Waals surface area contributed by atoms with Gasteiger partial charge in [0, 0.05) is 37.6 Å². The van der Waals surface area contributed by atoms with E-state index in [-0.39, 0.29) is 36.0 Å². The van der Waals surface area contributed by atoms with Crippen molar-refractivity contribution in [1.29, 1.82) is 0 Å². The van der Waals surface area contributed by atoms with Gasteiger partial charge in [0.2, 0.25) is 15.9 Å². The summed E-state index contributed by atoms with van der Waals surface area (Å²) in [5, 5.41) is 4.11. The Morgan fingerprint density at radius 3 is 2.65 bits per heavy atom. The van der Waals surface area contributed by atoms with Gasteiger partial charge in [0.15, 0.2) is 5.82 Å². The molecule has 26 heavy (non-hydrogen) atoms. The molecular formula is C15H18BrN5O4S. The Morgan fingerprint density at radius 2 is 1.96 bits per heavy atom. The van der Waals surface area contributed by atoms with Crippen LogP contribution in [0.1, 0.15) is 12.2 Å². The van der Waals surface area contributed by atoms with E-state index in [2.05, 4.69) is 25.8 Å². The number of halogens is 1. The highest BCUT2D eigenvalue weighted by Gasteiger charge is 2.24. The lowest BCUT2D eigenvalue weighted by molar-refractivity contribution is -0.132. The van der Waals surface area contributed by atoms with Gasteiger partial charge in [-0.2, -0.15) is 5.10 Å². The average Bonchev–Trinajstić information content (AvgIpc) is 2.89. The molecule has 0 atom stereocenters. The minimum atomic E-state index is -3.66. The third-order valence-corrected chi connectivity index (χ3v) is 6.12. The van der Waals surface area contributed by atoms with Crippen LogP contribution >= 0.6 is 15.9 Å². The van der Waals surface area contributed by atoms with Crippen molar-refractivity contribution in [3.8, 4) is 0 Å². The second kappa shape index (κ2) is 7.33. The normalized spacial score (nSPS) is 14.3. The minimum absolute atomic E-state index is 0.00273. The van der Waals surface area contributed by atoms with Gasteiger partial charge in [0.05, 0.1) is 11.4 Å². The highest BCUT2D eigenvalue weighted by atomic mass is 79.9. The van der Waals surface area contributed by atoms with Crippen LogP contribution < -0.4 is 10.4 Å². The second-order valence-corrected chi connectivity index (χ2v) is 8.57. The molecule has 11 heteroatoms. The number of amides is 1. The molecule has 1 aromatic carbocycles. The van der Waals surface area contributed by atoms with Crippen LogP contribution in [0.15, 0.2) is 38.4 Å². The maximum atomic E-state index is 12.3. The van der Waals surface area contributed by atoms with Gasteiger partial charge in [-0.05, 0) is 24.3 Å². The van der Waals surface area contributed by atoms with Crippen LogP contribution in [0.5, 0.6) is 0 Å². The first-order valence-corrected chi connectivity index (χ1v) is 10.2. The summed E-state index contributed by atoms with van der Waals surface area (Å²) in [5.74, 6) is 0.348. The Balaban J connectivity index is 1.56. The number of nitrogens with one attached hydrogen (secondary N) is 1. The predicted molar refractivity (Wildman–Crippen MR) is 96.8 cm³/mol. The molecule has 140 valence electrons. The molecule has 1 aliphatic rings. The molecule has 2 aromatic rings. The number of aromatic nitrogens is 3. The van der Waals surface area contributed by atoms with Crippen molar-refractivity contribution in [1.82, 2.24) is 24.0 Å². The van der Waals surface area contributed by atoms with Crippen LogP contribution in [0, 0.1) is 0 Å². The third-order valence-electron chi connectivity index (χ3n) is 4.12. The first kappa shape index (κ1) is 18.8. The summed E-state index contributed by atoms with van der Waals surface area (Å²) in [7, 11) is -2.09. The van der Waals surface area contributed by atoms with Gasteiger partial charge in [-0.15, -0.1) is 0 Å². The SMILES string of the molecule is Cn1nc2n(c1=O)CCN(C(=O)CCNS(=O)(=O)c1ccc(Br)cc1)C2.